The van der Waals surface area contributed by atoms with Crippen molar-refractivity contribution in [3.63, 3.8) is 0 Å². The van der Waals surface area contributed by atoms with Gasteiger partial charge in [-0.1, -0.05) is 25.5 Å². The maximum absolute atomic E-state index is 12.7. The zero-order valence-corrected chi connectivity index (χ0v) is 21.8. The van der Waals surface area contributed by atoms with Crippen LogP contribution in [0.4, 0.5) is 5.69 Å². The van der Waals surface area contributed by atoms with Crippen molar-refractivity contribution in [3.8, 4) is 5.75 Å². The summed E-state index contributed by atoms with van der Waals surface area (Å²) in [5.41, 5.74) is 1.50. The third-order valence-corrected chi connectivity index (χ3v) is 8.84. The average molecular weight is 524 g/mol. The van der Waals surface area contributed by atoms with E-state index in [0.717, 1.165) is 41.8 Å². The molecule has 2 aromatic carbocycles. The number of rotatable bonds is 11. The van der Waals surface area contributed by atoms with E-state index in [1.165, 1.54) is 16.4 Å². The summed E-state index contributed by atoms with van der Waals surface area (Å²) in [5.74, 6) is 0.0205. The lowest BCUT2D eigenvalue weighted by Gasteiger charge is -2.25. The van der Waals surface area contributed by atoms with Crippen LogP contribution in [0.5, 0.6) is 5.75 Å². The van der Waals surface area contributed by atoms with Gasteiger partial charge in [0.2, 0.25) is 26.0 Å². The van der Waals surface area contributed by atoms with E-state index >= 15 is 0 Å². The highest BCUT2D eigenvalue weighted by Gasteiger charge is 2.25. The molecule has 3 rings (SSSR count). The van der Waals surface area contributed by atoms with Gasteiger partial charge in [-0.15, -0.1) is 0 Å². The van der Waals surface area contributed by atoms with Gasteiger partial charge in [0.25, 0.3) is 0 Å². The second kappa shape index (κ2) is 11.9. The Balaban J connectivity index is 1.49. The summed E-state index contributed by atoms with van der Waals surface area (Å²) in [7, 11) is -7.14. The maximum atomic E-state index is 12.7. The van der Waals surface area contributed by atoms with Gasteiger partial charge >= 0.3 is 0 Å². The smallest absolute Gasteiger partial charge is 0.243 e. The van der Waals surface area contributed by atoms with Gasteiger partial charge in [0.05, 0.1) is 23.4 Å². The van der Waals surface area contributed by atoms with E-state index in [1.807, 2.05) is 19.1 Å². The van der Waals surface area contributed by atoms with Gasteiger partial charge in [-0.2, -0.15) is 4.31 Å². The Labute approximate surface area is 208 Å². The van der Waals surface area contributed by atoms with Gasteiger partial charge in [0.15, 0.2) is 0 Å². The molecular weight excluding hydrogens is 490 g/mol. The van der Waals surface area contributed by atoms with Crippen LogP contribution in [0.15, 0.2) is 53.4 Å². The minimum atomic E-state index is -3.64. The molecule has 1 heterocycles. The van der Waals surface area contributed by atoms with Crippen LogP contribution in [-0.4, -0.2) is 66.1 Å². The van der Waals surface area contributed by atoms with E-state index in [-0.39, 0.29) is 24.6 Å². The summed E-state index contributed by atoms with van der Waals surface area (Å²) in [5, 5.41) is 2.65. The molecule has 0 unspecified atom stereocenters. The number of piperidine rings is 1. The number of hydrogen-bond donors (Lipinski definition) is 1. The Hall–Kier alpha value is -2.63. The number of nitrogens with zero attached hydrogens (tertiary/aromatic N) is 2. The third kappa shape index (κ3) is 7.42. The van der Waals surface area contributed by atoms with Crippen molar-refractivity contribution >= 4 is 31.6 Å². The normalized spacial score (nSPS) is 14.9. The Kier molecular flexibility index (Phi) is 9.15. The first-order chi connectivity index (χ1) is 16.6. The molecule has 0 radical (unpaired) electrons. The van der Waals surface area contributed by atoms with Crippen LogP contribution in [0, 0.1) is 0 Å². The monoisotopic (exact) mass is 523 g/mol. The summed E-state index contributed by atoms with van der Waals surface area (Å²) in [6.07, 6.45) is 4.69. The van der Waals surface area contributed by atoms with E-state index in [0.29, 0.717) is 24.5 Å². The van der Waals surface area contributed by atoms with Crippen LogP contribution in [0.1, 0.15) is 31.7 Å². The Morgan fingerprint density at radius 3 is 2.17 bits per heavy atom. The highest BCUT2D eigenvalue weighted by Crippen LogP contribution is 2.23. The number of carbonyl (C=O) groups is 1. The summed E-state index contributed by atoms with van der Waals surface area (Å²) in [6, 6.07) is 13.3. The highest BCUT2D eigenvalue weighted by atomic mass is 32.2. The van der Waals surface area contributed by atoms with Crippen LogP contribution in [0.3, 0.4) is 0 Å². The minimum absolute atomic E-state index is 0.147. The molecule has 0 saturated carbocycles. The lowest BCUT2D eigenvalue weighted by molar-refractivity contribution is -0.119. The Bertz CT molecular complexity index is 1190. The van der Waals surface area contributed by atoms with Crippen molar-refractivity contribution in [1.29, 1.82) is 0 Å². The summed E-state index contributed by atoms with van der Waals surface area (Å²) in [6.45, 7) is 3.06. The summed E-state index contributed by atoms with van der Waals surface area (Å²) in [4.78, 5) is 12.6. The molecule has 1 N–H and O–H groups in total. The fourth-order valence-corrected chi connectivity index (χ4v) is 6.18. The number of anilines is 1. The van der Waals surface area contributed by atoms with Gasteiger partial charge in [0, 0.05) is 13.1 Å². The van der Waals surface area contributed by atoms with Crippen LogP contribution in [0.25, 0.3) is 0 Å². The Morgan fingerprint density at radius 2 is 1.60 bits per heavy atom. The van der Waals surface area contributed by atoms with Crippen molar-refractivity contribution in [2.45, 2.75) is 37.5 Å². The molecule has 35 heavy (non-hydrogen) atoms. The molecule has 1 amide bonds. The zero-order chi connectivity index (χ0) is 25.5. The molecule has 11 heteroatoms. The standard InChI is InChI=1S/C24H33N3O6S2/c1-3-20-7-9-21(10-8-20)27(34(2,29)30)19-24(28)25-15-18-33-22-11-13-23(14-12-22)35(31,32)26-16-5-4-6-17-26/h7-14H,3-6,15-19H2,1-2H3,(H,25,28). The van der Waals surface area contributed by atoms with Gasteiger partial charge in [-0.3, -0.25) is 9.10 Å². The molecule has 1 saturated heterocycles. The SMILES string of the molecule is CCc1ccc(N(CC(=O)NCCOc2ccc(S(=O)(=O)N3CCCCC3)cc2)S(C)(=O)=O)cc1. The number of nitrogens with one attached hydrogen (secondary N) is 1. The van der Waals surface area contributed by atoms with Crippen LogP contribution >= 0.6 is 0 Å². The molecule has 9 nitrogen and oxygen atoms in total. The first-order valence-corrected chi connectivity index (χ1v) is 15.0. The lowest BCUT2D eigenvalue weighted by atomic mass is 10.1. The minimum Gasteiger partial charge on any atom is -0.492 e. The molecule has 0 aliphatic carbocycles. The number of amides is 1. The first kappa shape index (κ1) is 27.0. The number of hydrogen-bond acceptors (Lipinski definition) is 6. The first-order valence-electron chi connectivity index (χ1n) is 11.7. The van der Waals surface area contributed by atoms with E-state index in [9.17, 15) is 21.6 Å². The molecule has 0 spiro atoms. The van der Waals surface area contributed by atoms with Crippen LogP contribution in [-0.2, 0) is 31.3 Å². The largest absolute Gasteiger partial charge is 0.492 e. The van der Waals surface area contributed by atoms with E-state index < -0.39 is 26.0 Å². The molecule has 1 aliphatic heterocycles. The fraction of sp³-hybridized carbons (Fsp3) is 0.458. The molecule has 2 aromatic rings. The zero-order valence-electron chi connectivity index (χ0n) is 20.1. The molecule has 0 bridgehead atoms. The van der Waals surface area contributed by atoms with E-state index in [4.69, 9.17) is 4.74 Å². The molecule has 1 fully saturated rings. The predicted octanol–water partition coefficient (Wildman–Crippen LogP) is 2.38. The predicted molar refractivity (Wildman–Crippen MR) is 136 cm³/mol. The average Bonchev–Trinajstić information content (AvgIpc) is 2.85. The second-order valence-electron chi connectivity index (χ2n) is 8.42. The summed E-state index contributed by atoms with van der Waals surface area (Å²) < 4.78 is 58.0. The third-order valence-electron chi connectivity index (χ3n) is 5.79. The lowest BCUT2D eigenvalue weighted by Crippen LogP contribution is -2.41. The van der Waals surface area contributed by atoms with E-state index in [2.05, 4.69) is 5.32 Å². The van der Waals surface area contributed by atoms with Gasteiger partial charge in [0.1, 0.15) is 18.9 Å². The Morgan fingerprint density at radius 1 is 0.971 bits per heavy atom. The number of aryl methyl sites for hydroxylation is 1. The quantitative estimate of drug-likeness (QED) is 0.453. The van der Waals surface area contributed by atoms with Gasteiger partial charge in [-0.05, 0) is 61.2 Å². The van der Waals surface area contributed by atoms with E-state index in [1.54, 1.807) is 24.3 Å². The van der Waals surface area contributed by atoms with Crippen molar-refractivity contribution in [3.05, 3.63) is 54.1 Å². The molecule has 0 atom stereocenters. The molecule has 0 aromatic heterocycles. The molecular formula is C24H33N3O6S2. The number of sulfonamides is 2. The second-order valence-corrected chi connectivity index (χ2v) is 12.3. The van der Waals surface area contributed by atoms with Crippen LogP contribution in [0.2, 0.25) is 0 Å². The topological polar surface area (TPSA) is 113 Å². The number of carbonyl (C=O) groups excluding carboxylic acids is 1. The summed E-state index contributed by atoms with van der Waals surface area (Å²) >= 11 is 0. The van der Waals surface area contributed by atoms with Crippen LogP contribution < -0.4 is 14.4 Å². The van der Waals surface area contributed by atoms with Crippen molar-refractivity contribution in [1.82, 2.24) is 9.62 Å². The van der Waals surface area contributed by atoms with Crippen molar-refractivity contribution in [2.75, 3.05) is 43.3 Å². The molecule has 192 valence electrons. The van der Waals surface area contributed by atoms with Crippen molar-refractivity contribution in [2.24, 2.45) is 0 Å². The number of benzene rings is 2. The van der Waals surface area contributed by atoms with Gasteiger partial charge in [-0.25, -0.2) is 16.8 Å². The maximum Gasteiger partial charge on any atom is 0.243 e. The highest BCUT2D eigenvalue weighted by molar-refractivity contribution is 7.92. The number of ether oxygens (including phenoxy) is 1. The van der Waals surface area contributed by atoms with Crippen molar-refractivity contribution < 1.29 is 26.4 Å². The fourth-order valence-electron chi connectivity index (χ4n) is 3.81. The van der Waals surface area contributed by atoms with Gasteiger partial charge < -0.3 is 10.1 Å². The molecule has 1 aliphatic rings.